The summed E-state index contributed by atoms with van der Waals surface area (Å²) in [7, 11) is 1.39. The summed E-state index contributed by atoms with van der Waals surface area (Å²) in [5, 5.41) is 30.0. The van der Waals surface area contributed by atoms with Gasteiger partial charge in [-0.1, -0.05) is 0 Å². The van der Waals surface area contributed by atoms with Gasteiger partial charge in [-0.3, -0.25) is 33.8 Å². The second-order valence-corrected chi connectivity index (χ2v) is 10.3. The van der Waals surface area contributed by atoms with Crippen LogP contribution in [0.2, 0.25) is 0 Å². The molecule has 3 aliphatic rings. The fourth-order valence-corrected chi connectivity index (χ4v) is 5.47. The lowest BCUT2D eigenvalue weighted by Crippen LogP contribution is -2.65. The smallest absolute Gasteiger partial charge is 0.305 e. The molecule has 17 heteroatoms. The van der Waals surface area contributed by atoms with Crippen molar-refractivity contribution in [1.29, 1.82) is 0 Å². The van der Waals surface area contributed by atoms with Gasteiger partial charge in [0.2, 0.25) is 29.5 Å². The fourth-order valence-electron chi connectivity index (χ4n) is 5.47. The van der Waals surface area contributed by atoms with E-state index in [2.05, 4.69) is 26.3 Å². The van der Waals surface area contributed by atoms with Crippen LogP contribution in [0.15, 0.2) is 4.99 Å². The number of carbonyl (C=O) groups is 6. The first-order valence-corrected chi connectivity index (χ1v) is 13.0. The predicted octanol–water partition coefficient (Wildman–Crippen LogP) is -4.20. The summed E-state index contributed by atoms with van der Waals surface area (Å²) in [5.41, 5.74) is 10.7. The van der Waals surface area contributed by atoms with E-state index in [-0.39, 0.29) is 31.5 Å². The Morgan fingerprint density at radius 1 is 1.05 bits per heavy atom. The molecule has 0 unspecified atom stereocenters. The number of nitrogens with two attached hydrogens (primary N) is 2. The Labute approximate surface area is 230 Å². The van der Waals surface area contributed by atoms with E-state index in [4.69, 9.17) is 11.5 Å². The Balaban J connectivity index is 1.94. The summed E-state index contributed by atoms with van der Waals surface area (Å²) in [4.78, 5) is 82.4. The maximum absolute atomic E-state index is 13.7. The van der Waals surface area contributed by atoms with Gasteiger partial charge in [0, 0.05) is 32.1 Å². The van der Waals surface area contributed by atoms with Crippen LogP contribution in [0, 0.1) is 5.92 Å². The fraction of sp³-hybridized carbons (Fsp3) is 0.696. The number of aliphatic carboxylic acids is 1. The highest BCUT2D eigenvalue weighted by molar-refractivity contribution is 5.98. The molecule has 3 rings (SSSR count). The molecule has 5 amide bonds. The van der Waals surface area contributed by atoms with E-state index in [1.165, 1.54) is 11.9 Å². The molecule has 0 aromatic rings. The molecule has 0 aromatic heterocycles. The van der Waals surface area contributed by atoms with Gasteiger partial charge in [-0.25, -0.2) is 0 Å². The highest BCUT2D eigenvalue weighted by Crippen LogP contribution is 2.36. The van der Waals surface area contributed by atoms with Crippen molar-refractivity contribution in [3.05, 3.63) is 0 Å². The molecule has 0 aliphatic carbocycles. The van der Waals surface area contributed by atoms with Gasteiger partial charge in [0.1, 0.15) is 24.2 Å². The highest BCUT2D eigenvalue weighted by Gasteiger charge is 2.51. The minimum Gasteiger partial charge on any atom is -0.481 e. The normalized spacial score (nSPS) is 29.5. The standard InChI is InChI=1S/C23H37N9O8/c1-31(40)10-11-7-12-4-5-15-21(38)29-13(3-2-6-26-23(24)25)19(36)27-9-16(33)28-14(8-17(34)35)20(37)30-18(11)22(39)32(12)15/h11-15,18,40H,2-10H2,1H3,(H,27,36)(H,28,33)(H,29,38)(H,30,37)(H,34,35)(H4,24,25,26)/t11-,12-,13-,14-,15-,18+/m0/s1. The van der Waals surface area contributed by atoms with Crippen molar-refractivity contribution in [2.45, 2.75) is 68.7 Å². The SMILES string of the molecule is CN(O)C[C@@H]1C[C@@H]2CC[C@H]3C(=O)N[C@@H](CCCN=C(N)N)C(=O)NCC(=O)N[C@@H](CC(=O)O)C(=O)N[C@H]1C(=O)N23. The largest absolute Gasteiger partial charge is 0.481 e. The molecule has 3 fully saturated rings. The van der Waals surface area contributed by atoms with Crippen LogP contribution in [-0.2, 0) is 28.8 Å². The summed E-state index contributed by atoms with van der Waals surface area (Å²) >= 11 is 0. The number of nitrogens with zero attached hydrogens (tertiary/aromatic N) is 3. The lowest BCUT2D eigenvalue weighted by Gasteiger charge is -2.43. The van der Waals surface area contributed by atoms with E-state index < -0.39 is 78.6 Å². The van der Waals surface area contributed by atoms with Gasteiger partial charge in [0.05, 0.1) is 13.0 Å². The summed E-state index contributed by atoms with van der Waals surface area (Å²) in [5.74, 6) is -5.66. The monoisotopic (exact) mass is 567 g/mol. The quantitative estimate of drug-likeness (QED) is 0.0603. The number of hydrogen-bond acceptors (Lipinski definition) is 9. The molecule has 0 aromatic carbocycles. The summed E-state index contributed by atoms with van der Waals surface area (Å²) < 4.78 is 0. The van der Waals surface area contributed by atoms with Gasteiger partial charge in [0.25, 0.3) is 0 Å². The number of nitrogens with one attached hydrogen (secondary N) is 4. The molecule has 3 aliphatic heterocycles. The van der Waals surface area contributed by atoms with Crippen molar-refractivity contribution in [2.24, 2.45) is 22.4 Å². The number of fused-ring (bicyclic) bond motifs is 1. The Bertz CT molecular complexity index is 1050. The van der Waals surface area contributed by atoms with E-state index in [1.54, 1.807) is 0 Å². The van der Waals surface area contributed by atoms with Gasteiger partial charge in [-0.15, -0.1) is 0 Å². The molecule has 222 valence electrons. The van der Waals surface area contributed by atoms with Crippen LogP contribution in [0.4, 0.5) is 0 Å². The van der Waals surface area contributed by atoms with Gasteiger partial charge in [0.15, 0.2) is 5.96 Å². The third-order valence-electron chi connectivity index (χ3n) is 7.20. The van der Waals surface area contributed by atoms with E-state index in [0.717, 1.165) is 5.06 Å². The van der Waals surface area contributed by atoms with E-state index >= 15 is 0 Å². The van der Waals surface area contributed by atoms with E-state index in [9.17, 15) is 39.1 Å². The van der Waals surface area contributed by atoms with Gasteiger partial charge in [-0.2, -0.15) is 5.06 Å². The third kappa shape index (κ3) is 7.78. The first-order chi connectivity index (χ1) is 18.9. The molecule has 2 bridgehead atoms. The Hall–Kier alpha value is -3.99. The lowest BCUT2D eigenvalue weighted by atomic mass is 9.85. The van der Waals surface area contributed by atoms with Gasteiger partial charge in [-0.05, 0) is 32.1 Å². The number of piperidine rings is 1. The Kier molecular flexibility index (Phi) is 10.2. The van der Waals surface area contributed by atoms with Crippen LogP contribution in [0.5, 0.6) is 0 Å². The van der Waals surface area contributed by atoms with Gasteiger partial charge >= 0.3 is 5.97 Å². The minimum absolute atomic E-state index is 0.0180. The van der Waals surface area contributed by atoms with Crippen LogP contribution in [-0.4, -0.2) is 119 Å². The van der Waals surface area contributed by atoms with Crippen LogP contribution in [0.3, 0.4) is 0 Å². The molecule has 3 saturated heterocycles. The highest BCUT2D eigenvalue weighted by atomic mass is 16.5. The Morgan fingerprint density at radius 3 is 2.42 bits per heavy atom. The van der Waals surface area contributed by atoms with E-state index in [0.29, 0.717) is 25.7 Å². The average molecular weight is 568 g/mol. The number of carboxylic acid groups (broad SMARTS) is 1. The number of aliphatic imine (C=N–C) groups is 1. The zero-order chi connectivity index (χ0) is 29.6. The van der Waals surface area contributed by atoms with Crippen LogP contribution < -0.4 is 32.7 Å². The summed E-state index contributed by atoms with van der Waals surface area (Å²) in [6.07, 6.45) is 0.818. The van der Waals surface area contributed by atoms with E-state index in [1.807, 2.05) is 0 Å². The number of carboxylic acids is 1. The zero-order valence-electron chi connectivity index (χ0n) is 22.2. The van der Waals surface area contributed by atoms with Gasteiger partial charge < -0.3 is 47.9 Å². The topological polar surface area (TPSA) is 262 Å². The first-order valence-electron chi connectivity index (χ1n) is 13.0. The van der Waals surface area contributed by atoms with Crippen LogP contribution >= 0.6 is 0 Å². The van der Waals surface area contributed by atoms with Crippen molar-refractivity contribution < 1.29 is 39.1 Å². The Morgan fingerprint density at radius 2 is 1.77 bits per heavy atom. The predicted molar refractivity (Wildman–Crippen MR) is 137 cm³/mol. The number of carbonyl (C=O) groups excluding carboxylic acids is 5. The third-order valence-corrected chi connectivity index (χ3v) is 7.20. The number of amides is 5. The first kappa shape index (κ1) is 30.6. The molecule has 0 saturated carbocycles. The van der Waals surface area contributed by atoms with Crippen molar-refractivity contribution >= 4 is 41.5 Å². The maximum Gasteiger partial charge on any atom is 0.305 e. The number of rotatable bonds is 8. The molecule has 17 nitrogen and oxygen atoms in total. The van der Waals surface area contributed by atoms with Crippen molar-refractivity contribution in [1.82, 2.24) is 31.2 Å². The minimum atomic E-state index is -1.55. The second-order valence-electron chi connectivity index (χ2n) is 10.3. The summed E-state index contributed by atoms with van der Waals surface area (Å²) in [6, 6.07) is -5.09. The lowest BCUT2D eigenvalue weighted by molar-refractivity contribution is -0.152. The zero-order valence-corrected chi connectivity index (χ0v) is 22.2. The van der Waals surface area contributed by atoms with Crippen LogP contribution in [0.1, 0.15) is 38.5 Å². The van der Waals surface area contributed by atoms with Crippen molar-refractivity contribution in [3.63, 3.8) is 0 Å². The number of guanidine groups is 1. The molecule has 0 radical (unpaired) electrons. The van der Waals surface area contributed by atoms with Crippen LogP contribution in [0.25, 0.3) is 0 Å². The molecule has 3 heterocycles. The molecular weight excluding hydrogens is 530 g/mol. The average Bonchev–Trinajstić information content (AvgIpc) is 3.29. The molecule has 6 atom stereocenters. The number of hydroxylamine groups is 2. The maximum atomic E-state index is 13.7. The summed E-state index contributed by atoms with van der Waals surface area (Å²) in [6.45, 7) is -0.393. The second kappa shape index (κ2) is 13.4. The molecular formula is C23H37N9O8. The van der Waals surface area contributed by atoms with Crippen molar-refractivity contribution in [2.75, 3.05) is 26.7 Å². The molecule has 0 spiro atoms. The number of hydrogen-bond donors (Lipinski definition) is 8. The van der Waals surface area contributed by atoms with Crippen molar-refractivity contribution in [3.8, 4) is 0 Å². The molecule has 40 heavy (non-hydrogen) atoms. The molecule has 10 N–H and O–H groups in total.